The normalized spacial score (nSPS) is 16.7. The molecule has 268 valence electrons. The van der Waals surface area contributed by atoms with E-state index in [1.165, 1.54) is 48.5 Å². The fraction of sp³-hybridized carbons (Fsp3) is 0.256. The summed E-state index contributed by atoms with van der Waals surface area (Å²) in [6.45, 7) is 3.83. The number of cyclic esters (lactones) is 1. The van der Waals surface area contributed by atoms with Crippen molar-refractivity contribution in [2.45, 2.75) is 73.7 Å². The molecule has 3 N–H and O–H groups in total. The zero-order valence-corrected chi connectivity index (χ0v) is 30.3. The number of hydrogen-bond acceptors (Lipinski definition) is 9. The summed E-state index contributed by atoms with van der Waals surface area (Å²) in [4.78, 5) is 13.8. The average Bonchev–Trinajstić information content (AvgIpc) is 3.12. The van der Waals surface area contributed by atoms with Gasteiger partial charge >= 0.3 is 5.97 Å². The van der Waals surface area contributed by atoms with Gasteiger partial charge in [-0.2, -0.15) is 10.5 Å². The molecule has 0 radical (unpaired) electrons. The van der Waals surface area contributed by atoms with Gasteiger partial charge in [0.05, 0.1) is 38.6 Å². The third-order valence-corrected chi connectivity index (χ3v) is 11.8. The van der Waals surface area contributed by atoms with Crippen molar-refractivity contribution in [3.8, 4) is 12.1 Å². The highest BCUT2D eigenvalue weighted by atomic mass is 32.2. The van der Waals surface area contributed by atoms with Crippen LogP contribution in [0.15, 0.2) is 118 Å². The van der Waals surface area contributed by atoms with Crippen LogP contribution in [0.2, 0.25) is 0 Å². The van der Waals surface area contributed by atoms with Crippen molar-refractivity contribution in [1.82, 2.24) is 0 Å². The van der Waals surface area contributed by atoms with Gasteiger partial charge in [-0.3, -0.25) is 9.44 Å². The second kappa shape index (κ2) is 15.7. The number of sulfonamides is 2. The van der Waals surface area contributed by atoms with Crippen molar-refractivity contribution < 1.29 is 31.5 Å². The van der Waals surface area contributed by atoms with E-state index in [4.69, 9.17) is 15.3 Å². The van der Waals surface area contributed by atoms with E-state index in [-0.39, 0.29) is 33.2 Å². The highest BCUT2D eigenvalue weighted by molar-refractivity contribution is 7.93. The largest absolute Gasteiger partial charge is 0.512 e. The number of aryl methyl sites for hydroxylation is 1. The van der Waals surface area contributed by atoms with E-state index in [1.54, 1.807) is 42.5 Å². The quantitative estimate of drug-likeness (QED) is 0.110. The molecular weight excluding hydrogens is 701 g/mol. The van der Waals surface area contributed by atoms with E-state index in [9.17, 15) is 26.7 Å². The summed E-state index contributed by atoms with van der Waals surface area (Å²) in [5, 5.41) is 29.5. The zero-order chi connectivity index (χ0) is 37.5. The van der Waals surface area contributed by atoms with Crippen LogP contribution in [0.1, 0.15) is 74.1 Å². The number of rotatable bonds is 14. The summed E-state index contributed by atoms with van der Waals surface area (Å²) in [6.07, 6.45) is 2.49. The lowest BCUT2D eigenvalue weighted by Crippen LogP contribution is -2.41. The lowest BCUT2D eigenvalue weighted by molar-refractivity contribution is -0.161. The number of hydrogen-bond donors (Lipinski definition) is 3. The summed E-state index contributed by atoms with van der Waals surface area (Å²) in [6, 6.07) is 28.6. The Morgan fingerprint density at radius 3 is 1.83 bits per heavy atom. The van der Waals surface area contributed by atoms with Crippen LogP contribution in [0.25, 0.3) is 0 Å². The number of carbonyl (C=O) groups is 1. The van der Waals surface area contributed by atoms with Gasteiger partial charge in [0.2, 0.25) is 0 Å². The third-order valence-electron chi connectivity index (χ3n) is 8.97. The van der Waals surface area contributed by atoms with Gasteiger partial charge in [-0.05, 0) is 110 Å². The van der Waals surface area contributed by atoms with Gasteiger partial charge in [0.15, 0.2) is 0 Å². The Kier molecular flexibility index (Phi) is 11.4. The predicted molar refractivity (Wildman–Crippen MR) is 196 cm³/mol. The minimum atomic E-state index is -3.97. The smallest absolute Gasteiger partial charge is 0.338 e. The van der Waals surface area contributed by atoms with E-state index in [0.717, 1.165) is 5.56 Å². The predicted octanol–water partition coefficient (Wildman–Crippen LogP) is 7.46. The van der Waals surface area contributed by atoms with Gasteiger partial charge in [-0.1, -0.05) is 44.5 Å². The molecule has 5 rings (SSSR count). The summed E-state index contributed by atoms with van der Waals surface area (Å²) in [5.41, 5.74) is 1.85. The SMILES string of the molecule is CCCC1(CCc2cccc(NS(=O)(=O)c3ccc(C#N)cc3)c2)CC(O)=C(C(CC)c2cccc(NS(=O)(=O)c3ccc(C#N)cc3)c2)C(=O)O1. The number of esters is 1. The van der Waals surface area contributed by atoms with Gasteiger partial charge in [0, 0.05) is 23.7 Å². The molecule has 2 unspecified atom stereocenters. The number of ether oxygens (including phenoxy) is 1. The molecule has 0 aromatic heterocycles. The van der Waals surface area contributed by atoms with Crippen LogP contribution in [-0.2, 0) is 36.0 Å². The number of benzene rings is 4. The number of aliphatic hydroxyl groups excluding tert-OH is 1. The van der Waals surface area contributed by atoms with Gasteiger partial charge in [-0.25, -0.2) is 21.6 Å². The molecule has 1 aliphatic rings. The highest BCUT2D eigenvalue weighted by Crippen LogP contribution is 2.42. The third kappa shape index (κ3) is 8.62. The van der Waals surface area contributed by atoms with Crippen molar-refractivity contribution in [2.24, 2.45) is 0 Å². The van der Waals surface area contributed by atoms with Gasteiger partial charge < -0.3 is 9.84 Å². The van der Waals surface area contributed by atoms with Crippen molar-refractivity contribution in [3.05, 3.63) is 131 Å². The van der Waals surface area contributed by atoms with Gasteiger partial charge in [0.1, 0.15) is 11.4 Å². The molecule has 13 heteroatoms. The first-order chi connectivity index (χ1) is 24.8. The lowest BCUT2D eigenvalue weighted by Gasteiger charge is -2.38. The molecule has 0 saturated heterocycles. The highest BCUT2D eigenvalue weighted by Gasteiger charge is 2.43. The second-order valence-corrected chi connectivity index (χ2v) is 16.0. The van der Waals surface area contributed by atoms with Crippen LogP contribution in [-0.4, -0.2) is 33.5 Å². The average molecular weight is 739 g/mol. The second-order valence-electron chi connectivity index (χ2n) is 12.6. The van der Waals surface area contributed by atoms with E-state index >= 15 is 0 Å². The number of nitrogens with one attached hydrogen (secondary N) is 2. The molecule has 0 amide bonds. The first kappa shape index (κ1) is 37.6. The van der Waals surface area contributed by atoms with Crippen molar-refractivity contribution in [1.29, 1.82) is 10.5 Å². The van der Waals surface area contributed by atoms with E-state index in [2.05, 4.69) is 9.44 Å². The zero-order valence-electron chi connectivity index (χ0n) is 28.7. The summed E-state index contributed by atoms with van der Waals surface area (Å²) >= 11 is 0. The monoisotopic (exact) mass is 738 g/mol. The molecular formula is C39H38N4O7S2. The van der Waals surface area contributed by atoms with E-state index in [0.29, 0.717) is 54.5 Å². The molecule has 0 bridgehead atoms. The molecule has 1 aliphatic heterocycles. The molecule has 0 saturated carbocycles. The first-order valence-electron chi connectivity index (χ1n) is 16.7. The Bertz CT molecular complexity index is 2290. The Morgan fingerprint density at radius 1 is 0.788 bits per heavy atom. The topological polar surface area (TPSA) is 186 Å². The molecule has 4 aromatic carbocycles. The van der Waals surface area contributed by atoms with Crippen LogP contribution in [0.5, 0.6) is 0 Å². The van der Waals surface area contributed by atoms with Crippen molar-refractivity contribution in [3.63, 3.8) is 0 Å². The summed E-state index contributed by atoms with van der Waals surface area (Å²) < 4.78 is 63.4. The van der Waals surface area contributed by atoms with Crippen LogP contribution >= 0.6 is 0 Å². The van der Waals surface area contributed by atoms with E-state index in [1.807, 2.05) is 32.1 Å². The molecule has 11 nitrogen and oxygen atoms in total. The fourth-order valence-electron chi connectivity index (χ4n) is 6.44. The first-order valence-corrected chi connectivity index (χ1v) is 19.7. The Hall–Kier alpha value is -5.63. The molecule has 0 spiro atoms. The Labute approximate surface area is 304 Å². The molecule has 1 heterocycles. The van der Waals surface area contributed by atoms with Crippen LogP contribution in [0.4, 0.5) is 11.4 Å². The maximum atomic E-state index is 13.7. The number of nitriles is 2. The maximum Gasteiger partial charge on any atom is 0.338 e. The van der Waals surface area contributed by atoms with Crippen LogP contribution in [0, 0.1) is 22.7 Å². The standard InChI is InChI=1S/C39H38N4O7S2/c1-3-20-39(21-19-27-7-5-9-31(22-27)42-51(46,47)33-15-11-28(25-40)12-16-33)24-36(44)37(38(45)50-39)35(4-2)30-8-6-10-32(23-30)43-52(48,49)34-17-13-29(26-41)14-18-34/h5-18,22-23,35,42-44H,3-4,19-21,24H2,1-2H3. The van der Waals surface area contributed by atoms with Gasteiger partial charge in [-0.15, -0.1) is 0 Å². The minimum Gasteiger partial charge on any atom is -0.512 e. The molecule has 52 heavy (non-hydrogen) atoms. The summed E-state index contributed by atoms with van der Waals surface area (Å²) in [7, 11) is -7.87. The van der Waals surface area contributed by atoms with Crippen LogP contribution < -0.4 is 9.44 Å². The fourth-order valence-corrected chi connectivity index (χ4v) is 8.54. The minimum absolute atomic E-state index is 0.0106. The van der Waals surface area contributed by atoms with Gasteiger partial charge in [0.25, 0.3) is 20.0 Å². The number of anilines is 2. The Morgan fingerprint density at radius 2 is 1.33 bits per heavy atom. The lowest BCUT2D eigenvalue weighted by atomic mass is 9.80. The van der Waals surface area contributed by atoms with Crippen molar-refractivity contribution in [2.75, 3.05) is 9.44 Å². The Balaban J connectivity index is 1.32. The summed E-state index contributed by atoms with van der Waals surface area (Å²) in [5.74, 6) is -1.30. The van der Waals surface area contributed by atoms with Crippen LogP contribution in [0.3, 0.4) is 0 Å². The van der Waals surface area contributed by atoms with Crippen molar-refractivity contribution >= 4 is 37.4 Å². The molecule has 2 atom stereocenters. The number of carbonyl (C=O) groups excluding carboxylic acids is 1. The number of aliphatic hydroxyl groups is 1. The maximum absolute atomic E-state index is 13.7. The molecule has 4 aromatic rings. The molecule has 0 aliphatic carbocycles. The number of nitrogens with zero attached hydrogens (tertiary/aromatic N) is 2. The van der Waals surface area contributed by atoms with E-state index < -0.39 is 37.5 Å². The molecule has 0 fully saturated rings.